The van der Waals surface area contributed by atoms with Crippen LogP contribution in [0.2, 0.25) is 0 Å². The van der Waals surface area contributed by atoms with Gasteiger partial charge in [-0.3, -0.25) is 9.59 Å². The highest BCUT2D eigenvalue weighted by Crippen LogP contribution is 2.46. The lowest BCUT2D eigenvalue weighted by molar-refractivity contribution is -0.164. The van der Waals surface area contributed by atoms with Gasteiger partial charge in [0, 0.05) is 0 Å². The third-order valence-corrected chi connectivity index (χ3v) is 3.26. The first-order valence-corrected chi connectivity index (χ1v) is 5.62. The van der Waals surface area contributed by atoms with Crippen molar-refractivity contribution in [2.24, 2.45) is 10.8 Å². The van der Waals surface area contributed by atoms with Crippen molar-refractivity contribution in [3.05, 3.63) is 0 Å². The summed E-state index contributed by atoms with van der Waals surface area (Å²) in [4.78, 5) is 22.3. The Hall–Kier alpha value is -1.06. The molecule has 0 amide bonds. The summed E-state index contributed by atoms with van der Waals surface area (Å²) in [6, 6.07) is 0. The van der Waals surface area contributed by atoms with E-state index in [0.29, 0.717) is 6.42 Å². The Balaban J connectivity index is 5.22. The van der Waals surface area contributed by atoms with Crippen LogP contribution >= 0.6 is 0 Å². The molecule has 0 aromatic rings. The van der Waals surface area contributed by atoms with Crippen molar-refractivity contribution in [3.63, 3.8) is 0 Å². The molecule has 0 rings (SSSR count). The zero-order chi connectivity index (χ0) is 13.0. The van der Waals surface area contributed by atoms with Crippen LogP contribution in [-0.2, 0) is 9.59 Å². The molecule has 4 heteroatoms. The summed E-state index contributed by atoms with van der Waals surface area (Å²) in [6.45, 7) is 7.34. The van der Waals surface area contributed by atoms with Gasteiger partial charge in [-0.25, -0.2) is 0 Å². The fourth-order valence-electron chi connectivity index (χ4n) is 1.97. The first-order valence-electron chi connectivity index (χ1n) is 5.62. The molecular weight excluding hydrogens is 208 g/mol. The molecule has 0 aromatic carbocycles. The third-order valence-electron chi connectivity index (χ3n) is 3.26. The average Bonchev–Trinajstić information content (AvgIpc) is 2.09. The van der Waals surface area contributed by atoms with E-state index in [4.69, 9.17) is 5.11 Å². The van der Waals surface area contributed by atoms with Crippen LogP contribution in [0.4, 0.5) is 0 Å². The predicted molar refractivity (Wildman–Crippen MR) is 61.3 cm³/mol. The molecule has 0 aliphatic rings. The molecule has 1 atom stereocenters. The smallest absolute Gasteiger partial charge is 0.310 e. The van der Waals surface area contributed by atoms with E-state index in [2.05, 4.69) is 0 Å². The molecule has 0 radical (unpaired) electrons. The number of carboxylic acid groups (broad SMARTS) is 2. The molecule has 0 spiro atoms. The van der Waals surface area contributed by atoms with Gasteiger partial charge in [-0.05, 0) is 11.8 Å². The second-order valence-electron chi connectivity index (χ2n) is 5.31. The Morgan fingerprint density at radius 1 is 1.12 bits per heavy atom. The maximum absolute atomic E-state index is 11.4. The minimum atomic E-state index is -1.17. The van der Waals surface area contributed by atoms with E-state index in [-0.39, 0.29) is 6.42 Å². The summed E-state index contributed by atoms with van der Waals surface area (Å²) in [6.07, 6.45) is 1.70. The SMILES string of the molecule is CCCC[C@](CC(=O)O)(C(=O)O)C(C)(C)C. The van der Waals surface area contributed by atoms with Gasteiger partial charge in [-0.1, -0.05) is 40.5 Å². The van der Waals surface area contributed by atoms with Crippen molar-refractivity contribution in [1.29, 1.82) is 0 Å². The molecule has 0 aromatic heterocycles. The second kappa shape index (κ2) is 5.32. The number of hydrogen-bond acceptors (Lipinski definition) is 2. The molecule has 0 saturated heterocycles. The molecule has 94 valence electrons. The van der Waals surface area contributed by atoms with Crippen LogP contribution in [0.3, 0.4) is 0 Å². The van der Waals surface area contributed by atoms with E-state index in [9.17, 15) is 14.7 Å². The van der Waals surface area contributed by atoms with Gasteiger partial charge in [-0.2, -0.15) is 0 Å². The van der Waals surface area contributed by atoms with Crippen LogP contribution in [0.1, 0.15) is 53.4 Å². The minimum absolute atomic E-state index is 0.314. The van der Waals surface area contributed by atoms with Gasteiger partial charge in [0.15, 0.2) is 0 Å². The van der Waals surface area contributed by atoms with Crippen LogP contribution in [0, 0.1) is 10.8 Å². The Morgan fingerprint density at radius 3 is 1.88 bits per heavy atom. The van der Waals surface area contributed by atoms with Crippen molar-refractivity contribution < 1.29 is 19.8 Å². The minimum Gasteiger partial charge on any atom is -0.481 e. The van der Waals surface area contributed by atoms with Gasteiger partial charge >= 0.3 is 11.9 Å². The van der Waals surface area contributed by atoms with Crippen molar-refractivity contribution in [2.75, 3.05) is 0 Å². The number of carbonyl (C=O) groups is 2. The molecule has 2 N–H and O–H groups in total. The van der Waals surface area contributed by atoms with Gasteiger partial charge < -0.3 is 10.2 Å². The van der Waals surface area contributed by atoms with Gasteiger partial charge in [0.1, 0.15) is 0 Å². The van der Waals surface area contributed by atoms with Gasteiger partial charge in [-0.15, -0.1) is 0 Å². The highest BCUT2D eigenvalue weighted by Gasteiger charge is 2.49. The molecule has 0 unspecified atom stereocenters. The summed E-state index contributed by atoms with van der Waals surface area (Å²) in [7, 11) is 0. The predicted octanol–water partition coefficient (Wildman–Crippen LogP) is 2.77. The summed E-state index contributed by atoms with van der Waals surface area (Å²) in [5.41, 5.74) is -1.73. The molecule has 0 bridgehead atoms. The highest BCUT2D eigenvalue weighted by atomic mass is 16.4. The van der Waals surface area contributed by atoms with Gasteiger partial charge in [0.2, 0.25) is 0 Å². The van der Waals surface area contributed by atoms with E-state index < -0.39 is 22.8 Å². The standard InChI is InChI=1S/C12H22O4/c1-5-6-7-12(10(15)16,8-9(13)14)11(2,3)4/h5-8H2,1-4H3,(H,13,14)(H,15,16)/t12-/m0/s1. The maximum atomic E-state index is 11.4. The molecule has 0 fully saturated rings. The fraction of sp³-hybridized carbons (Fsp3) is 0.833. The molecule has 16 heavy (non-hydrogen) atoms. The van der Waals surface area contributed by atoms with Crippen molar-refractivity contribution in [1.82, 2.24) is 0 Å². The summed E-state index contributed by atoms with van der Waals surface area (Å²) in [5, 5.41) is 18.3. The second-order valence-corrected chi connectivity index (χ2v) is 5.31. The van der Waals surface area contributed by atoms with Crippen molar-refractivity contribution >= 4 is 11.9 Å². The number of rotatable bonds is 6. The lowest BCUT2D eigenvalue weighted by Crippen LogP contribution is -2.44. The fourth-order valence-corrected chi connectivity index (χ4v) is 1.97. The monoisotopic (exact) mass is 230 g/mol. The largest absolute Gasteiger partial charge is 0.481 e. The van der Waals surface area contributed by atoms with Crippen molar-refractivity contribution in [3.8, 4) is 0 Å². The summed E-state index contributed by atoms with van der Waals surface area (Å²) in [5.74, 6) is -2.05. The zero-order valence-corrected chi connectivity index (χ0v) is 10.5. The number of carboxylic acids is 2. The summed E-state index contributed by atoms with van der Waals surface area (Å²) >= 11 is 0. The Bertz CT molecular complexity index is 265. The van der Waals surface area contributed by atoms with Gasteiger partial charge in [0.05, 0.1) is 11.8 Å². The normalized spacial score (nSPS) is 15.5. The van der Waals surface area contributed by atoms with E-state index in [1.165, 1.54) is 0 Å². The van der Waals surface area contributed by atoms with E-state index >= 15 is 0 Å². The van der Waals surface area contributed by atoms with Crippen LogP contribution in [-0.4, -0.2) is 22.2 Å². The van der Waals surface area contributed by atoms with Crippen LogP contribution in [0.15, 0.2) is 0 Å². The zero-order valence-electron chi connectivity index (χ0n) is 10.5. The highest BCUT2D eigenvalue weighted by molar-refractivity contribution is 5.82. The van der Waals surface area contributed by atoms with Crippen molar-refractivity contribution in [2.45, 2.75) is 53.4 Å². The summed E-state index contributed by atoms with van der Waals surface area (Å²) < 4.78 is 0. The molecule has 4 nitrogen and oxygen atoms in total. The Morgan fingerprint density at radius 2 is 1.62 bits per heavy atom. The van der Waals surface area contributed by atoms with Crippen LogP contribution in [0.25, 0.3) is 0 Å². The number of aliphatic carboxylic acids is 2. The lowest BCUT2D eigenvalue weighted by Gasteiger charge is -2.40. The molecule has 0 aliphatic heterocycles. The first kappa shape index (κ1) is 14.9. The number of unbranched alkanes of at least 4 members (excludes halogenated alkanes) is 1. The van der Waals surface area contributed by atoms with Crippen LogP contribution < -0.4 is 0 Å². The molecular formula is C12H22O4. The van der Waals surface area contributed by atoms with E-state index in [1.807, 2.05) is 6.92 Å². The molecule has 0 aliphatic carbocycles. The molecule has 0 saturated carbocycles. The van der Waals surface area contributed by atoms with E-state index in [0.717, 1.165) is 12.8 Å². The molecule has 0 heterocycles. The topological polar surface area (TPSA) is 74.6 Å². The van der Waals surface area contributed by atoms with E-state index in [1.54, 1.807) is 20.8 Å². The van der Waals surface area contributed by atoms with Crippen LogP contribution in [0.5, 0.6) is 0 Å². The maximum Gasteiger partial charge on any atom is 0.310 e. The first-order chi connectivity index (χ1) is 7.17. The Labute approximate surface area is 96.7 Å². The lowest BCUT2D eigenvalue weighted by atomic mass is 9.62. The Kier molecular flexibility index (Phi) is 4.97. The third kappa shape index (κ3) is 3.22. The van der Waals surface area contributed by atoms with Gasteiger partial charge in [0.25, 0.3) is 0 Å². The number of hydrogen-bond donors (Lipinski definition) is 2. The quantitative estimate of drug-likeness (QED) is 0.735. The average molecular weight is 230 g/mol.